The van der Waals surface area contributed by atoms with Gasteiger partial charge in [0.1, 0.15) is 5.75 Å². The van der Waals surface area contributed by atoms with Crippen LogP contribution in [0, 0.1) is 6.92 Å². The van der Waals surface area contributed by atoms with Gasteiger partial charge in [-0.2, -0.15) is 0 Å². The van der Waals surface area contributed by atoms with Gasteiger partial charge in [-0.1, -0.05) is 0 Å². The van der Waals surface area contributed by atoms with Crippen molar-refractivity contribution in [2.75, 3.05) is 11.9 Å². The van der Waals surface area contributed by atoms with Crippen LogP contribution >= 0.6 is 0 Å². The first-order valence-corrected chi connectivity index (χ1v) is 4.77. The van der Waals surface area contributed by atoms with Crippen molar-refractivity contribution in [3.05, 3.63) is 23.3 Å². The topological polar surface area (TPSA) is 38.3 Å². The molecule has 0 atom stereocenters. The average molecular weight is 191 g/mol. The molecule has 0 saturated heterocycles. The highest BCUT2D eigenvalue weighted by molar-refractivity contribution is 6.00. The minimum absolute atomic E-state index is 0.0664. The SMILES string of the molecule is CCOc1cc(C)c2c(c1)CC(=O)N2. The summed E-state index contributed by atoms with van der Waals surface area (Å²) in [6, 6.07) is 3.89. The molecule has 14 heavy (non-hydrogen) atoms. The molecule has 0 fully saturated rings. The highest BCUT2D eigenvalue weighted by atomic mass is 16.5. The van der Waals surface area contributed by atoms with Crippen LogP contribution in [0.15, 0.2) is 12.1 Å². The lowest BCUT2D eigenvalue weighted by atomic mass is 10.1. The lowest BCUT2D eigenvalue weighted by molar-refractivity contribution is -0.115. The van der Waals surface area contributed by atoms with Crippen molar-refractivity contribution >= 4 is 11.6 Å². The summed E-state index contributed by atoms with van der Waals surface area (Å²) in [5, 5.41) is 2.84. The van der Waals surface area contributed by atoms with Crippen molar-refractivity contribution in [2.45, 2.75) is 20.3 Å². The smallest absolute Gasteiger partial charge is 0.228 e. The van der Waals surface area contributed by atoms with Gasteiger partial charge >= 0.3 is 0 Å². The third-order valence-electron chi connectivity index (χ3n) is 2.32. The van der Waals surface area contributed by atoms with Gasteiger partial charge in [-0.3, -0.25) is 4.79 Å². The first kappa shape index (κ1) is 9.06. The molecular weight excluding hydrogens is 178 g/mol. The highest BCUT2D eigenvalue weighted by Gasteiger charge is 2.20. The van der Waals surface area contributed by atoms with Crippen molar-refractivity contribution in [3.63, 3.8) is 0 Å². The second kappa shape index (κ2) is 3.33. The van der Waals surface area contributed by atoms with Crippen molar-refractivity contribution in [2.24, 2.45) is 0 Å². The molecule has 1 aliphatic heterocycles. The molecular formula is C11H13NO2. The molecule has 0 spiro atoms. The molecule has 1 heterocycles. The lowest BCUT2D eigenvalue weighted by Crippen LogP contribution is -2.04. The fourth-order valence-electron chi connectivity index (χ4n) is 1.75. The second-order valence-electron chi connectivity index (χ2n) is 3.43. The molecule has 3 heteroatoms. The highest BCUT2D eigenvalue weighted by Crippen LogP contribution is 2.31. The first-order chi connectivity index (χ1) is 6.70. The lowest BCUT2D eigenvalue weighted by Gasteiger charge is -2.08. The number of carbonyl (C=O) groups is 1. The summed E-state index contributed by atoms with van der Waals surface area (Å²) in [4.78, 5) is 11.2. The van der Waals surface area contributed by atoms with Gasteiger partial charge in [-0.25, -0.2) is 0 Å². The molecule has 1 aromatic rings. The van der Waals surface area contributed by atoms with E-state index in [1.807, 2.05) is 26.0 Å². The van der Waals surface area contributed by atoms with Crippen molar-refractivity contribution in [1.29, 1.82) is 0 Å². The van der Waals surface area contributed by atoms with Gasteiger partial charge < -0.3 is 10.1 Å². The maximum atomic E-state index is 11.2. The Bertz CT molecular complexity index is 385. The molecule has 1 aromatic carbocycles. The maximum Gasteiger partial charge on any atom is 0.228 e. The molecule has 74 valence electrons. The number of rotatable bonds is 2. The van der Waals surface area contributed by atoms with Crippen molar-refractivity contribution in [1.82, 2.24) is 0 Å². The van der Waals surface area contributed by atoms with E-state index in [2.05, 4.69) is 5.32 Å². The van der Waals surface area contributed by atoms with Crippen molar-refractivity contribution < 1.29 is 9.53 Å². The van der Waals surface area contributed by atoms with Gasteiger partial charge in [0.25, 0.3) is 0 Å². The molecule has 3 nitrogen and oxygen atoms in total. The predicted octanol–water partition coefficient (Wildman–Crippen LogP) is 1.89. The quantitative estimate of drug-likeness (QED) is 0.775. The van der Waals surface area contributed by atoms with Crippen LogP contribution in [0.25, 0.3) is 0 Å². The Balaban J connectivity index is 2.40. The van der Waals surface area contributed by atoms with E-state index in [0.29, 0.717) is 13.0 Å². The number of hydrogen-bond acceptors (Lipinski definition) is 2. The number of benzene rings is 1. The Labute approximate surface area is 83.1 Å². The second-order valence-corrected chi connectivity index (χ2v) is 3.43. The van der Waals surface area contributed by atoms with Crippen LogP contribution in [0.2, 0.25) is 0 Å². The fraction of sp³-hybridized carbons (Fsp3) is 0.364. The van der Waals surface area contributed by atoms with Crippen LogP contribution in [0.1, 0.15) is 18.1 Å². The Morgan fingerprint density at radius 2 is 2.29 bits per heavy atom. The number of nitrogens with one attached hydrogen (secondary N) is 1. The zero-order chi connectivity index (χ0) is 10.1. The Morgan fingerprint density at radius 3 is 3.00 bits per heavy atom. The zero-order valence-corrected chi connectivity index (χ0v) is 8.39. The van der Waals surface area contributed by atoms with Gasteiger partial charge in [-0.05, 0) is 37.1 Å². The summed E-state index contributed by atoms with van der Waals surface area (Å²) in [6.07, 6.45) is 0.469. The van der Waals surface area contributed by atoms with Crippen LogP contribution in [-0.2, 0) is 11.2 Å². The average Bonchev–Trinajstić information content (AvgIpc) is 2.47. The zero-order valence-electron chi connectivity index (χ0n) is 8.39. The normalized spacial score (nSPS) is 13.7. The predicted molar refractivity (Wildman–Crippen MR) is 54.7 cm³/mol. The number of fused-ring (bicyclic) bond motifs is 1. The number of aryl methyl sites for hydroxylation is 1. The third-order valence-corrected chi connectivity index (χ3v) is 2.32. The number of anilines is 1. The summed E-state index contributed by atoms with van der Waals surface area (Å²) < 4.78 is 5.41. The molecule has 0 bridgehead atoms. The largest absolute Gasteiger partial charge is 0.494 e. The molecule has 1 aliphatic rings. The number of hydrogen-bond donors (Lipinski definition) is 1. The Hall–Kier alpha value is -1.51. The molecule has 0 aromatic heterocycles. The summed E-state index contributed by atoms with van der Waals surface area (Å²) in [6.45, 7) is 4.58. The Morgan fingerprint density at radius 1 is 1.50 bits per heavy atom. The van der Waals surface area contributed by atoms with Gasteiger partial charge in [0, 0.05) is 5.69 Å². The Kier molecular flexibility index (Phi) is 2.15. The van der Waals surface area contributed by atoms with E-state index in [9.17, 15) is 4.79 Å². The van der Waals surface area contributed by atoms with Crippen LogP contribution in [0.5, 0.6) is 5.75 Å². The number of carbonyl (C=O) groups excluding carboxylic acids is 1. The van der Waals surface area contributed by atoms with E-state index in [1.165, 1.54) is 0 Å². The van der Waals surface area contributed by atoms with Crippen LogP contribution in [0.3, 0.4) is 0 Å². The standard InChI is InChI=1S/C11H13NO2/c1-3-14-9-4-7(2)11-8(5-9)6-10(13)12-11/h4-5H,3,6H2,1-2H3,(H,12,13). The van der Waals surface area contributed by atoms with Gasteiger partial charge in [-0.15, -0.1) is 0 Å². The van der Waals surface area contributed by atoms with E-state index < -0.39 is 0 Å². The van der Waals surface area contributed by atoms with Crippen LogP contribution in [-0.4, -0.2) is 12.5 Å². The molecule has 0 radical (unpaired) electrons. The van der Waals surface area contributed by atoms with E-state index in [1.54, 1.807) is 0 Å². The van der Waals surface area contributed by atoms with Crippen LogP contribution in [0.4, 0.5) is 5.69 Å². The molecule has 1 amide bonds. The summed E-state index contributed by atoms with van der Waals surface area (Å²) in [7, 11) is 0. The fourth-order valence-corrected chi connectivity index (χ4v) is 1.75. The van der Waals surface area contributed by atoms with E-state index in [0.717, 1.165) is 22.6 Å². The molecule has 0 saturated carbocycles. The summed E-state index contributed by atoms with van der Waals surface area (Å²) in [5.41, 5.74) is 3.06. The summed E-state index contributed by atoms with van der Waals surface area (Å²) in [5.74, 6) is 0.914. The third kappa shape index (κ3) is 1.45. The maximum absolute atomic E-state index is 11.2. The molecule has 2 rings (SSSR count). The molecule has 1 N–H and O–H groups in total. The van der Waals surface area contributed by atoms with E-state index >= 15 is 0 Å². The van der Waals surface area contributed by atoms with E-state index in [-0.39, 0.29) is 5.91 Å². The monoisotopic (exact) mass is 191 g/mol. The van der Waals surface area contributed by atoms with Gasteiger partial charge in [0.15, 0.2) is 0 Å². The molecule has 0 aliphatic carbocycles. The van der Waals surface area contributed by atoms with Gasteiger partial charge in [0.05, 0.1) is 13.0 Å². The molecule has 0 unspecified atom stereocenters. The van der Waals surface area contributed by atoms with Crippen molar-refractivity contribution in [3.8, 4) is 5.75 Å². The minimum Gasteiger partial charge on any atom is -0.494 e. The van der Waals surface area contributed by atoms with E-state index in [4.69, 9.17) is 4.74 Å². The number of ether oxygens (including phenoxy) is 1. The minimum atomic E-state index is 0.0664. The van der Waals surface area contributed by atoms with Gasteiger partial charge in [0.2, 0.25) is 5.91 Å². The number of amides is 1. The first-order valence-electron chi connectivity index (χ1n) is 4.77. The summed E-state index contributed by atoms with van der Waals surface area (Å²) >= 11 is 0. The van der Waals surface area contributed by atoms with Crippen LogP contribution < -0.4 is 10.1 Å².